The van der Waals surface area contributed by atoms with Crippen LogP contribution in [0.2, 0.25) is 0 Å². The van der Waals surface area contributed by atoms with Crippen LogP contribution in [0.1, 0.15) is 41.5 Å². The number of hydrogen-bond donors (Lipinski definition) is 0. The maximum Gasteiger partial charge on any atom is 0.307 e. The van der Waals surface area contributed by atoms with Crippen molar-refractivity contribution in [2.45, 2.75) is 52.8 Å². The van der Waals surface area contributed by atoms with Crippen molar-refractivity contribution >= 4 is 5.97 Å². The molecule has 0 aromatic carbocycles. The summed E-state index contributed by atoms with van der Waals surface area (Å²) in [6, 6.07) is 0. The van der Waals surface area contributed by atoms with Gasteiger partial charge >= 0.3 is 5.97 Å². The van der Waals surface area contributed by atoms with Crippen LogP contribution in [0.5, 0.6) is 0 Å². The van der Waals surface area contributed by atoms with Gasteiger partial charge in [0.2, 0.25) is 0 Å². The molecular formula is C13H22N2O3. The molecule has 5 nitrogen and oxygen atoms in total. The van der Waals surface area contributed by atoms with Gasteiger partial charge in [-0.2, -0.15) is 4.76 Å². The van der Waals surface area contributed by atoms with Gasteiger partial charge in [0.25, 0.3) is 5.72 Å². The van der Waals surface area contributed by atoms with E-state index in [4.69, 9.17) is 4.74 Å². The first-order valence-corrected chi connectivity index (χ1v) is 5.96. The molecule has 0 saturated carbocycles. The van der Waals surface area contributed by atoms with Crippen LogP contribution in [-0.4, -0.2) is 27.0 Å². The molecule has 0 N–H and O–H groups in total. The quantitative estimate of drug-likeness (QED) is 0.432. The monoisotopic (exact) mass is 254 g/mol. The van der Waals surface area contributed by atoms with E-state index in [1.807, 2.05) is 20.8 Å². The third kappa shape index (κ3) is 2.57. The highest BCUT2D eigenvalue weighted by atomic mass is 16.7. The summed E-state index contributed by atoms with van der Waals surface area (Å²) in [4.78, 5) is 11.2. The van der Waals surface area contributed by atoms with Crippen molar-refractivity contribution in [3.63, 3.8) is 0 Å². The molecule has 18 heavy (non-hydrogen) atoms. The lowest BCUT2D eigenvalue weighted by Crippen LogP contribution is -2.68. The summed E-state index contributed by atoms with van der Waals surface area (Å²) in [6.07, 6.45) is 6.66. The molecule has 1 unspecified atom stereocenters. The topological polar surface area (TPSA) is 52.6 Å². The van der Waals surface area contributed by atoms with Gasteiger partial charge in [-0.25, -0.2) is 5.01 Å². The lowest BCUT2D eigenvalue weighted by molar-refractivity contribution is -1.01. The molecule has 1 atom stereocenters. The first-order chi connectivity index (χ1) is 8.01. The SMILES string of the molecule is CC(=O)OC(C)(C)[N+]1([O-])C=CC=CN1C(C)(C)C. The van der Waals surface area contributed by atoms with Crippen molar-refractivity contribution < 1.29 is 14.3 Å². The van der Waals surface area contributed by atoms with E-state index in [9.17, 15) is 10.0 Å². The first kappa shape index (κ1) is 14.7. The molecule has 102 valence electrons. The third-order valence-corrected chi connectivity index (χ3v) is 2.80. The van der Waals surface area contributed by atoms with Crippen molar-refractivity contribution in [2.75, 3.05) is 0 Å². The minimum absolute atomic E-state index is 0.388. The zero-order chi connectivity index (χ0) is 14.2. The second-order valence-corrected chi connectivity index (χ2v) is 5.86. The van der Waals surface area contributed by atoms with Crippen LogP contribution in [0, 0.1) is 5.21 Å². The van der Waals surface area contributed by atoms with Crippen LogP contribution in [-0.2, 0) is 9.53 Å². The fourth-order valence-electron chi connectivity index (χ4n) is 1.99. The lowest BCUT2D eigenvalue weighted by atomic mass is 10.1. The summed E-state index contributed by atoms with van der Waals surface area (Å²) < 4.78 is 4.35. The Labute approximate surface area is 108 Å². The number of hydrogen-bond acceptors (Lipinski definition) is 4. The van der Waals surface area contributed by atoms with Gasteiger partial charge in [-0.15, -0.1) is 0 Å². The van der Waals surface area contributed by atoms with Crippen LogP contribution in [0.4, 0.5) is 0 Å². The fraction of sp³-hybridized carbons (Fsp3) is 0.615. The Balaban J connectivity index is 3.19. The third-order valence-electron chi connectivity index (χ3n) is 2.80. The number of allylic oxidation sites excluding steroid dienone is 2. The summed E-state index contributed by atoms with van der Waals surface area (Å²) in [7, 11) is 0. The molecule has 0 spiro atoms. The molecule has 0 saturated heterocycles. The molecule has 0 aliphatic carbocycles. The van der Waals surface area contributed by atoms with Gasteiger partial charge in [-0.05, 0) is 32.9 Å². The van der Waals surface area contributed by atoms with E-state index in [1.54, 1.807) is 37.2 Å². The summed E-state index contributed by atoms with van der Waals surface area (Å²) in [5.74, 6) is -0.467. The summed E-state index contributed by atoms with van der Waals surface area (Å²) >= 11 is 0. The van der Waals surface area contributed by atoms with Crippen molar-refractivity contribution in [2.24, 2.45) is 0 Å². The first-order valence-electron chi connectivity index (χ1n) is 5.96. The van der Waals surface area contributed by atoms with Gasteiger partial charge in [0.15, 0.2) is 0 Å². The van der Waals surface area contributed by atoms with Gasteiger partial charge in [-0.1, -0.05) is 0 Å². The van der Waals surface area contributed by atoms with Gasteiger partial charge in [0.1, 0.15) is 6.20 Å². The number of quaternary nitrogens is 1. The zero-order valence-corrected chi connectivity index (χ0v) is 11.9. The molecular weight excluding hydrogens is 232 g/mol. The van der Waals surface area contributed by atoms with E-state index in [-0.39, 0.29) is 5.54 Å². The minimum atomic E-state index is -1.22. The van der Waals surface area contributed by atoms with Gasteiger partial charge in [0.05, 0.1) is 11.7 Å². The van der Waals surface area contributed by atoms with E-state index >= 15 is 0 Å². The predicted octanol–water partition coefficient (Wildman–Crippen LogP) is 2.66. The Morgan fingerprint density at radius 1 is 1.22 bits per heavy atom. The zero-order valence-electron chi connectivity index (χ0n) is 11.9. The van der Waals surface area contributed by atoms with Gasteiger partial charge in [-0.3, -0.25) is 4.79 Å². The largest absolute Gasteiger partial charge is 0.598 e. The smallest absolute Gasteiger partial charge is 0.307 e. The highest BCUT2D eigenvalue weighted by Crippen LogP contribution is 2.36. The molecule has 0 bridgehead atoms. The molecule has 1 aliphatic rings. The number of carbonyl (C=O) groups is 1. The maximum atomic E-state index is 13.1. The summed E-state index contributed by atoms with van der Waals surface area (Å²) in [5, 5.41) is 14.7. The van der Waals surface area contributed by atoms with Crippen LogP contribution >= 0.6 is 0 Å². The van der Waals surface area contributed by atoms with E-state index in [0.717, 1.165) is 0 Å². The Morgan fingerprint density at radius 3 is 2.22 bits per heavy atom. The van der Waals surface area contributed by atoms with Crippen LogP contribution in [0.25, 0.3) is 0 Å². The number of rotatable bonds is 2. The Bertz CT molecular complexity index is 394. The molecule has 1 rings (SSSR count). The number of esters is 1. The Morgan fingerprint density at radius 2 is 1.78 bits per heavy atom. The van der Waals surface area contributed by atoms with Crippen molar-refractivity contribution in [3.8, 4) is 0 Å². The molecule has 0 amide bonds. The maximum absolute atomic E-state index is 13.1. The summed E-state index contributed by atoms with van der Waals surface area (Å²) in [6.45, 7) is 10.3. The molecule has 1 aliphatic heterocycles. The van der Waals surface area contributed by atoms with E-state index in [2.05, 4.69) is 0 Å². The molecule has 5 heteroatoms. The van der Waals surface area contributed by atoms with Crippen molar-refractivity contribution in [1.29, 1.82) is 0 Å². The van der Waals surface area contributed by atoms with E-state index in [1.165, 1.54) is 13.1 Å². The number of hydroxylamine groups is 2. The lowest BCUT2D eigenvalue weighted by Gasteiger charge is -2.58. The standard InChI is InChI=1S/C13H22N2O3/c1-11(16)18-13(5,6)15(17)10-8-7-9-14(15)12(2,3)4/h7-10H,1-6H3. The van der Waals surface area contributed by atoms with Crippen molar-refractivity contribution in [3.05, 3.63) is 29.8 Å². The minimum Gasteiger partial charge on any atom is -0.598 e. The number of nitrogens with zero attached hydrogens (tertiary/aromatic N) is 2. The summed E-state index contributed by atoms with van der Waals surface area (Å²) in [5.41, 5.74) is -1.61. The fourth-order valence-corrected chi connectivity index (χ4v) is 1.99. The normalized spacial score (nSPS) is 24.3. The molecule has 1 heterocycles. The number of ether oxygens (including phenoxy) is 1. The van der Waals surface area contributed by atoms with E-state index in [0.29, 0.717) is 0 Å². The van der Waals surface area contributed by atoms with Crippen LogP contribution < -0.4 is 0 Å². The Hall–Kier alpha value is -1.33. The second-order valence-electron chi connectivity index (χ2n) is 5.86. The van der Waals surface area contributed by atoms with Crippen molar-refractivity contribution in [1.82, 2.24) is 5.01 Å². The highest BCUT2D eigenvalue weighted by molar-refractivity contribution is 5.66. The Kier molecular flexibility index (Phi) is 3.60. The average Bonchev–Trinajstić information content (AvgIpc) is 2.14. The van der Waals surface area contributed by atoms with Crippen LogP contribution in [0.15, 0.2) is 24.6 Å². The molecule has 0 fully saturated rings. The number of carbonyl (C=O) groups excluding carboxylic acids is 1. The highest BCUT2D eigenvalue weighted by Gasteiger charge is 2.47. The van der Waals surface area contributed by atoms with Gasteiger partial charge < -0.3 is 9.94 Å². The molecule has 0 radical (unpaired) electrons. The molecule has 0 aromatic heterocycles. The second kappa shape index (κ2) is 4.40. The predicted molar refractivity (Wildman–Crippen MR) is 69.3 cm³/mol. The van der Waals surface area contributed by atoms with Gasteiger partial charge in [0, 0.05) is 20.8 Å². The van der Waals surface area contributed by atoms with E-state index < -0.39 is 16.4 Å². The van der Waals surface area contributed by atoms with Crippen LogP contribution in [0.3, 0.4) is 0 Å². The molecule has 0 aromatic rings. The average molecular weight is 254 g/mol.